The van der Waals surface area contributed by atoms with Crippen molar-refractivity contribution in [3.05, 3.63) is 179 Å². The zero-order valence-corrected chi connectivity index (χ0v) is 32.1. The first-order valence-electron chi connectivity index (χ1n) is 19.6. The Hall–Kier alpha value is -4.30. The third-order valence-corrected chi connectivity index (χ3v) is 10.2. The summed E-state index contributed by atoms with van der Waals surface area (Å²) in [5.41, 5.74) is 4.74. The fourth-order valence-electron chi connectivity index (χ4n) is 7.17. The van der Waals surface area contributed by atoms with E-state index in [4.69, 9.17) is 37.9 Å². The minimum Gasteiger partial charge on any atom is -0.385 e. The molecule has 0 aromatic heterocycles. The number of rotatable bonds is 18. The van der Waals surface area contributed by atoms with Crippen LogP contribution in [0.1, 0.15) is 34.7 Å². The number of hydrogen-bond acceptors (Lipinski definition) is 10. The van der Waals surface area contributed by atoms with E-state index in [2.05, 4.69) is 0 Å². The predicted octanol–water partition coefficient (Wildman–Crippen LogP) is 6.75. The van der Waals surface area contributed by atoms with Gasteiger partial charge in [-0.15, -0.1) is 0 Å². The number of aliphatic hydroxyl groups excluding tert-OH is 2. The van der Waals surface area contributed by atoms with Gasteiger partial charge < -0.3 is 48.1 Å². The third-order valence-electron chi connectivity index (χ3n) is 10.2. The number of hydrogen-bond donors (Lipinski definition) is 2. The molecule has 10 nitrogen and oxygen atoms in total. The van der Waals surface area contributed by atoms with Gasteiger partial charge in [0.25, 0.3) is 0 Å². The van der Waals surface area contributed by atoms with E-state index in [-0.39, 0.29) is 26.4 Å². The molecular weight excluding hydrogens is 725 g/mol. The summed E-state index contributed by atoms with van der Waals surface area (Å²) in [5.74, 6) is 0. The lowest BCUT2D eigenvalue weighted by Gasteiger charge is -2.48. The largest absolute Gasteiger partial charge is 0.385 e. The molecule has 10 heteroatoms. The van der Waals surface area contributed by atoms with E-state index >= 15 is 0 Å². The lowest BCUT2D eigenvalue weighted by molar-refractivity contribution is -0.366. The Morgan fingerprint density at radius 1 is 0.439 bits per heavy atom. The van der Waals surface area contributed by atoms with E-state index in [0.29, 0.717) is 13.2 Å². The first kappa shape index (κ1) is 40.9. The van der Waals surface area contributed by atoms with Gasteiger partial charge >= 0.3 is 0 Å². The molecule has 2 saturated heterocycles. The maximum absolute atomic E-state index is 12.1. The van der Waals surface area contributed by atoms with Gasteiger partial charge in [-0.05, 0) is 34.7 Å². The van der Waals surface area contributed by atoms with Crippen molar-refractivity contribution in [2.45, 2.75) is 101 Å². The molecule has 0 unspecified atom stereocenters. The highest BCUT2D eigenvalue weighted by Gasteiger charge is 2.52. The Morgan fingerprint density at radius 3 is 1.28 bits per heavy atom. The molecule has 0 radical (unpaired) electrons. The smallest absolute Gasteiger partial charge is 0.187 e. The quantitative estimate of drug-likeness (QED) is 0.0991. The van der Waals surface area contributed by atoms with Crippen LogP contribution in [0.2, 0.25) is 0 Å². The average Bonchev–Trinajstić information content (AvgIpc) is 3.25. The van der Waals surface area contributed by atoms with Crippen molar-refractivity contribution in [2.75, 3.05) is 6.61 Å². The van der Waals surface area contributed by atoms with Crippen molar-refractivity contribution in [1.29, 1.82) is 0 Å². The molecule has 2 heterocycles. The average molecular weight is 777 g/mol. The van der Waals surface area contributed by atoms with Gasteiger partial charge in [-0.25, -0.2) is 0 Å². The molecule has 7 rings (SSSR count). The van der Waals surface area contributed by atoms with E-state index in [1.54, 1.807) is 0 Å². The molecule has 5 aromatic carbocycles. The zero-order chi connectivity index (χ0) is 39.2. The van der Waals surface area contributed by atoms with Crippen LogP contribution in [-0.2, 0) is 70.9 Å². The summed E-state index contributed by atoms with van der Waals surface area (Å²) < 4.78 is 51.7. The molecule has 2 fully saturated rings. The second-order valence-corrected chi connectivity index (χ2v) is 14.4. The van der Waals surface area contributed by atoms with Crippen molar-refractivity contribution >= 4 is 0 Å². The summed E-state index contributed by atoms with van der Waals surface area (Å²) in [6.07, 6.45) is -9.53. The maximum atomic E-state index is 12.1. The van der Waals surface area contributed by atoms with E-state index < -0.39 is 61.4 Å². The lowest BCUT2D eigenvalue weighted by atomic mass is 9.96. The molecule has 10 atom stereocenters. The summed E-state index contributed by atoms with van der Waals surface area (Å²) in [5, 5.41) is 23.7. The summed E-state index contributed by atoms with van der Waals surface area (Å²) in [4.78, 5) is 0. The first-order valence-corrected chi connectivity index (χ1v) is 19.6. The topological polar surface area (TPSA) is 114 Å². The van der Waals surface area contributed by atoms with Gasteiger partial charge in [-0.3, -0.25) is 0 Å². The highest BCUT2D eigenvalue weighted by molar-refractivity contribution is 5.17. The van der Waals surface area contributed by atoms with Crippen LogP contribution >= 0.6 is 0 Å². The summed E-state index contributed by atoms with van der Waals surface area (Å²) >= 11 is 0. The normalized spacial score (nSPS) is 27.6. The Labute approximate surface area is 334 Å². The van der Waals surface area contributed by atoms with E-state index in [1.165, 1.54) is 0 Å². The van der Waals surface area contributed by atoms with Crippen molar-refractivity contribution in [1.82, 2.24) is 0 Å². The van der Waals surface area contributed by atoms with Crippen molar-refractivity contribution in [2.24, 2.45) is 0 Å². The fraction of sp³-hybridized carbons (Fsp3) is 0.362. The van der Waals surface area contributed by atoms with E-state index in [1.807, 2.05) is 159 Å². The maximum Gasteiger partial charge on any atom is 0.187 e. The summed E-state index contributed by atoms with van der Waals surface area (Å²) in [6.45, 7) is 3.16. The van der Waals surface area contributed by atoms with Gasteiger partial charge in [0.1, 0.15) is 42.7 Å². The molecule has 57 heavy (non-hydrogen) atoms. The Morgan fingerprint density at radius 2 is 0.825 bits per heavy atom. The Kier molecular flexibility index (Phi) is 15.0. The SMILES string of the molecule is C[C@@H]1O[C@@H](O[C@@H]2[C@H](OCc3ccccc3)[C@@H](OCc3ccccc3)[C@H](O)O[C@@H]2COCc2ccccc2)[C@H](O)[C@H](OCc2ccccc2)[C@H]1OCc1ccccc1. The number of aliphatic hydroxyl groups is 2. The highest BCUT2D eigenvalue weighted by atomic mass is 16.7. The van der Waals surface area contributed by atoms with Crippen LogP contribution in [0.15, 0.2) is 152 Å². The van der Waals surface area contributed by atoms with Gasteiger partial charge in [0.2, 0.25) is 0 Å². The number of benzene rings is 5. The molecular formula is C47H52O10. The summed E-state index contributed by atoms with van der Waals surface area (Å²) in [7, 11) is 0. The van der Waals surface area contributed by atoms with Crippen LogP contribution in [0.4, 0.5) is 0 Å². The lowest BCUT2D eigenvalue weighted by Crippen LogP contribution is -2.65. The van der Waals surface area contributed by atoms with Crippen LogP contribution in [0, 0.1) is 0 Å². The van der Waals surface area contributed by atoms with Gasteiger partial charge in [0.05, 0.1) is 45.7 Å². The molecule has 5 aromatic rings. The van der Waals surface area contributed by atoms with Crippen LogP contribution in [0.3, 0.4) is 0 Å². The highest BCUT2D eigenvalue weighted by Crippen LogP contribution is 2.34. The van der Waals surface area contributed by atoms with Gasteiger partial charge in [0.15, 0.2) is 12.6 Å². The van der Waals surface area contributed by atoms with E-state index in [9.17, 15) is 10.2 Å². The molecule has 0 amide bonds. The molecule has 0 aliphatic carbocycles. The predicted molar refractivity (Wildman–Crippen MR) is 212 cm³/mol. The van der Waals surface area contributed by atoms with Gasteiger partial charge in [-0.2, -0.15) is 0 Å². The Balaban J connectivity index is 1.16. The molecule has 0 spiro atoms. The van der Waals surface area contributed by atoms with E-state index in [0.717, 1.165) is 27.8 Å². The second kappa shape index (κ2) is 20.9. The fourth-order valence-corrected chi connectivity index (χ4v) is 7.17. The monoisotopic (exact) mass is 776 g/mol. The van der Waals surface area contributed by atoms with Crippen LogP contribution < -0.4 is 0 Å². The second-order valence-electron chi connectivity index (χ2n) is 14.4. The molecule has 2 N–H and O–H groups in total. The van der Waals surface area contributed by atoms with Crippen LogP contribution in [0.25, 0.3) is 0 Å². The minimum absolute atomic E-state index is 0.0440. The zero-order valence-electron chi connectivity index (χ0n) is 32.1. The van der Waals surface area contributed by atoms with Crippen molar-refractivity contribution in [3.8, 4) is 0 Å². The minimum atomic E-state index is -1.38. The summed E-state index contributed by atoms with van der Waals surface area (Å²) in [6, 6.07) is 48.8. The van der Waals surface area contributed by atoms with Gasteiger partial charge in [-0.1, -0.05) is 152 Å². The molecule has 2 aliphatic rings. The molecule has 0 saturated carbocycles. The Bertz CT molecular complexity index is 1850. The van der Waals surface area contributed by atoms with Crippen molar-refractivity contribution < 1.29 is 48.1 Å². The van der Waals surface area contributed by atoms with Crippen molar-refractivity contribution in [3.63, 3.8) is 0 Å². The molecule has 2 aliphatic heterocycles. The molecule has 0 bridgehead atoms. The molecule has 300 valence electrons. The van der Waals surface area contributed by atoms with Crippen LogP contribution in [0.5, 0.6) is 0 Å². The third kappa shape index (κ3) is 11.4. The first-order chi connectivity index (χ1) is 28.0. The standard InChI is InChI=1S/C47H52O10/c1-33-41(51-28-35-19-9-3-10-20-35)43(52-29-36-21-11-4-12-22-36)40(48)47(55-33)57-42-39(32-50-27-34-17-7-2-8-18-34)56-46(49)45(54-31-38-25-15-6-16-26-38)44(42)53-30-37-23-13-5-14-24-37/h2-26,33,39-49H,27-32H2,1H3/t33-,39+,40+,41-,42-,43-,44-,45+,46+,47-/m0/s1. The van der Waals surface area contributed by atoms with Crippen LogP contribution in [-0.4, -0.2) is 78.2 Å². The van der Waals surface area contributed by atoms with Gasteiger partial charge in [0, 0.05) is 0 Å². The number of ether oxygens (including phenoxy) is 8.